The lowest BCUT2D eigenvalue weighted by Crippen LogP contribution is -2.75. The molecule has 0 aromatic heterocycles. The number of likely N-dealkylation sites (tertiary alicyclic amines) is 1. The van der Waals surface area contributed by atoms with Crippen LogP contribution in [0.5, 0.6) is 11.5 Å². The molecule has 1 spiro atoms. The second-order valence-corrected chi connectivity index (χ2v) is 7.51. The minimum Gasteiger partial charge on any atom is -0.493 e. The fraction of sp³-hybridized carbons (Fsp3) is 0.550. The SMILES string of the molecule is CCO[C@@]12C=CC(=O)[C@@H]3Oc4c(OC)ccc5c4[C@@]31CCN(C)[C@@H]2C5. The molecule has 1 aromatic rings. The van der Waals surface area contributed by atoms with E-state index in [9.17, 15) is 4.79 Å². The molecule has 0 radical (unpaired) electrons. The first-order chi connectivity index (χ1) is 12.1. The molecule has 25 heavy (non-hydrogen) atoms. The molecule has 1 fully saturated rings. The Morgan fingerprint density at radius 1 is 1.40 bits per heavy atom. The zero-order chi connectivity index (χ0) is 17.4. The lowest BCUT2D eigenvalue weighted by atomic mass is 9.50. The van der Waals surface area contributed by atoms with Crippen LogP contribution in [0.4, 0.5) is 0 Å². The molecule has 2 heterocycles. The summed E-state index contributed by atoms with van der Waals surface area (Å²) in [6.45, 7) is 3.56. The summed E-state index contributed by atoms with van der Waals surface area (Å²) in [5, 5.41) is 0. The van der Waals surface area contributed by atoms with Gasteiger partial charge in [-0.15, -0.1) is 0 Å². The van der Waals surface area contributed by atoms with Crippen molar-refractivity contribution in [3.63, 3.8) is 0 Å². The highest BCUT2D eigenvalue weighted by molar-refractivity contribution is 5.99. The molecule has 2 aliphatic heterocycles. The Labute approximate surface area is 147 Å². The lowest BCUT2D eigenvalue weighted by molar-refractivity contribution is -0.171. The molecular formula is C20H23NO4. The van der Waals surface area contributed by atoms with E-state index in [1.54, 1.807) is 13.2 Å². The van der Waals surface area contributed by atoms with Crippen molar-refractivity contribution in [2.24, 2.45) is 0 Å². The van der Waals surface area contributed by atoms with Crippen LogP contribution in [0, 0.1) is 0 Å². The van der Waals surface area contributed by atoms with Crippen molar-refractivity contribution in [1.29, 1.82) is 0 Å². The molecule has 5 heteroatoms. The number of carbonyl (C=O) groups excluding carboxylic acids is 1. The number of methoxy groups -OCH3 is 1. The highest BCUT2D eigenvalue weighted by Gasteiger charge is 2.72. The van der Waals surface area contributed by atoms with Crippen LogP contribution in [0.1, 0.15) is 24.5 Å². The number of nitrogens with zero attached hydrogens (tertiary/aromatic N) is 1. The van der Waals surface area contributed by atoms with Gasteiger partial charge in [0, 0.05) is 18.2 Å². The maximum Gasteiger partial charge on any atom is 0.196 e. The van der Waals surface area contributed by atoms with Crippen molar-refractivity contribution in [3.8, 4) is 11.5 Å². The molecule has 5 nitrogen and oxygen atoms in total. The summed E-state index contributed by atoms with van der Waals surface area (Å²) in [6, 6.07) is 4.29. The number of benzene rings is 1. The molecule has 1 saturated heterocycles. The molecule has 4 atom stereocenters. The topological polar surface area (TPSA) is 48.0 Å². The Balaban J connectivity index is 1.87. The molecule has 0 N–H and O–H groups in total. The van der Waals surface area contributed by atoms with Crippen molar-refractivity contribution < 1.29 is 19.0 Å². The van der Waals surface area contributed by atoms with Crippen LogP contribution in [0.2, 0.25) is 0 Å². The van der Waals surface area contributed by atoms with Gasteiger partial charge in [-0.1, -0.05) is 6.07 Å². The van der Waals surface area contributed by atoms with Gasteiger partial charge >= 0.3 is 0 Å². The lowest BCUT2D eigenvalue weighted by Gasteiger charge is -2.62. The third kappa shape index (κ3) is 1.55. The van der Waals surface area contributed by atoms with Crippen LogP contribution in [-0.2, 0) is 21.4 Å². The third-order valence-electron chi connectivity index (χ3n) is 6.69. The number of likely N-dealkylation sites (N-methyl/N-ethyl adjacent to an activating group) is 1. The quantitative estimate of drug-likeness (QED) is 0.840. The summed E-state index contributed by atoms with van der Waals surface area (Å²) in [6.07, 6.45) is 4.91. The Bertz CT molecular complexity index is 803. The van der Waals surface area contributed by atoms with Crippen LogP contribution < -0.4 is 9.47 Å². The fourth-order valence-corrected chi connectivity index (χ4v) is 5.76. The number of ether oxygens (including phenoxy) is 3. The first kappa shape index (κ1) is 15.4. The summed E-state index contributed by atoms with van der Waals surface area (Å²) in [5.41, 5.74) is 1.42. The van der Waals surface area contributed by atoms with E-state index in [1.165, 1.54) is 5.56 Å². The standard InChI is InChI=1S/C20H23NO4/c1-4-24-20-8-7-13(22)18-19(20)9-10-21(2)15(20)11-12-5-6-14(23-3)17(25-18)16(12)19/h5-8,15,18H,4,9-11H2,1-3H3/t15-,18+,19+,20-/m1/s1. The number of piperidine rings is 1. The highest BCUT2D eigenvalue weighted by atomic mass is 16.5. The van der Waals surface area contributed by atoms with Gasteiger partial charge in [0.2, 0.25) is 0 Å². The third-order valence-corrected chi connectivity index (χ3v) is 6.69. The molecule has 1 aromatic carbocycles. The van der Waals surface area contributed by atoms with Crippen LogP contribution in [0.15, 0.2) is 24.3 Å². The normalized spacial score (nSPS) is 37.6. The van der Waals surface area contributed by atoms with E-state index in [4.69, 9.17) is 14.2 Å². The average molecular weight is 341 g/mol. The van der Waals surface area contributed by atoms with E-state index in [0.717, 1.165) is 30.7 Å². The first-order valence-electron chi connectivity index (χ1n) is 9.03. The molecule has 4 aliphatic rings. The first-order valence-corrected chi connectivity index (χ1v) is 9.03. The molecule has 2 aliphatic carbocycles. The summed E-state index contributed by atoms with van der Waals surface area (Å²) in [4.78, 5) is 15.2. The molecule has 0 saturated carbocycles. The van der Waals surface area contributed by atoms with Crippen LogP contribution >= 0.6 is 0 Å². The Morgan fingerprint density at radius 2 is 2.24 bits per heavy atom. The van der Waals surface area contributed by atoms with Crippen LogP contribution in [-0.4, -0.2) is 55.7 Å². The molecule has 5 rings (SSSR count). The summed E-state index contributed by atoms with van der Waals surface area (Å²) in [5.74, 6) is 1.48. The van der Waals surface area contributed by atoms with E-state index < -0.39 is 17.1 Å². The van der Waals surface area contributed by atoms with Gasteiger partial charge in [0.1, 0.15) is 5.60 Å². The number of rotatable bonds is 3. The largest absolute Gasteiger partial charge is 0.493 e. The van der Waals surface area contributed by atoms with Crippen molar-refractivity contribution >= 4 is 5.78 Å². The summed E-state index contributed by atoms with van der Waals surface area (Å²) < 4.78 is 18.3. The maximum atomic E-state index is 12.8. The van der Waals surface area contributed by atoms with E-state index in [2.05, 4.69) is 18.0 Å². The second-order valence-electron chi connectivity index (χ2n) is 7.51. The van der Waals surface area contributed by atoms with Crippen LogP contribution in [0.25, 0.3) is 0 Å². The van der Waals surface area contributed by atoms with Crippen molar-refractivity contribution in [2.75, 3.05) is 27.3 Å². The van der Waals surface area contributed by atoms with Crippen molar-refractivity contribution in [1.82, 2.24) is 4.90 Å². The number of ketones is 1. The second kappa shape index (κ2) is 4.86. The van der Waals surface area contributed by atoms with Crippen LogP contribution in [0.3, 0.4) is 0 Å². The number of carbonyl (C=O) groups is 1. The minimum absolute atomic E-state index is 0.0322. The minimum atomic E-state index is -0.530. The van der Waals surface area contributed by atoms with Crippen molar-refractivity contribution in [3.05, 3.63) is 35.4 Å². The van der Waals surface area contributed by atoms with E-state index in [1.807, 2.05) is 19.1 Å². The Hall–Kier alpha value is -1.85. The molecule has 2 bridgehead atoms. The van der Waals surface area contributed by atoms with E-state index in [-0.39, 0.29) is 11.8 Å². The van der Waals surface area contributed by atoms with Gasteiger partial charge in [0.15, 0.2) is 23.4 Å². The predicted molar refractivity (Wildman–Crippen MR) is 92.3 cm³/mol. The van der Waals surface area contributed by atoms with Gasteiger partial charge in [-0.05, 0) is 57.1 Å². The smallest absolute Gasteiger partial charge is 0.196 e. The van der Waals surface area contributed by atoms with Gasteiger partial charge in [0.05, 0.1) is 12.5 Å². The highest BCUT2D eigenvalue weighted by Crippen LogP contribution is 2.64. The molecule has 0 unspecified atom stereocenters. The monoisotopic (exact) mass is 341 g/mol. The molecule has 0 amide bonds. The van der Waals surface area contributed by atoms with Gasteiger partial charge in [-0.2, -0.15) is 0 Å². The number of hydrogen-bond acceptors (Lipinski definition) is 5. The zero-order valence-corrected chi connectivity index (χ0v) is 14.9. The van der Waals surface area contributed by atoms with Crippen molar-refractivity contribution in [2.45, 2.75) is 42.9 Å². The average Bonchev–Trinajstić information content (AvgIpc) is 2.96. The molecule has 132 valence electrons. The summed E-state index contributed by atoms with van der Waals surface area (Å²) in [7, 11) is 3.81. The fourth-order valence-electron chi connectivity index (χ4n) is 5.76. The number of hydrogen-bond donors (Lipinski definition) is 0. The predicted octanol–water partition coefficient (Wildman–Crippen LogP) is 1.87. The van der Waals surface area contributed by atoms with Gasteiger partial charge in [-0.25, -0.2) is 0 Å². The van der Waals surface area contributed by atoms with Gasteiger partial charge in [0.25, 0.3) is 0 Å². The zero-order valence-electron chi connectivity index (χ0n) is 14.9. The van der Waals surface area contributed by atoms with Gasteiger partial charge < -0.3 is 14.2 Å². The van der Waals surface area contributed by atoms with E-state index >= 15 is 0 Å². The van der Waals surface area contributed by atoms with E-state index in [0.29, 0.717) is 12.4 Å². The maximum absolute atomic E-state index is 12.8. The summed E-state index contributed by atoms with van der Waals surface area (Å²) >= 11 is 0. The van der Waals surface area contributed by atoms with Gasteiger partial charge in [-0.3, -0.25) is 9.69 Å². The Kier molecular flexibility index (Phi) is 3.00. The Morgan fingerprint density at radius 3 is 3.00 bits per heavy atom. The molecular weight excluding hydrogens is 318 g/mol.